The Morgan fingerprint density at radius 3 is 2.91 bits per heavy atom. The molecule has 0 spiro atoms. The molecular formula is C23H21N9O2. The maximum absolute atomic E-state index is 11.1. The van der Waals surface area contributed by atoms with Crippen LogP contribution in [0.1, 0.15) is 35.7 Å². The van der Waals surface area contributed by atoms with Crippen LogP contribution in [-0.2, 0) is 6.54 Å². The van der Waals surface area contributed by atoms with Crippen LogP contribution in [0.25, 0.3) is 16.9 Å². The van der Waals surface area contributed by atoms with E-state index in [4.69, 9.17) is 4.98 Å². The number of aromatic amines is 1. The molecular weight excluding hydrogens is 434 g/mol. The lowest BCUT2D eigenvalue weighted by atomic mass is 10.2. The van der Waals surface area contributed by atoms with Crippen molar-refractivity contribution in [1.29, 1.82) is 0 Å². The first-order valence-corrected chi connectivity index (χ1v) is 11.0. The van der Waals surface area contributed by atoms with Gasteiger partial charge in [0.2, 0.25) is 5.95 Å². The number of hydrogen-bond acceptors (Lipinski definition) is 7. The topological polar surface area (TPSA) is 132 Å². The van der Waals surface area contributed by atoms with Crippen LogP contribution in [-0.4, -0.2) is 39.3 Å². The van der Waals surface area contributed by atoms with Gasteiger partial charge in [0.1, 0.15) is 5.65 Å². The van der Waals surface area contributed by atoms with Crippen molar-refractivity contribution in [2.24, 2.45) is 0 Å². The van der Waals surface area contributed by atoms with E-state index in [0.717, 1.165) is 28.2 Å². The molecule has 4 heterocycles. The van der Waals surface area contributed by atoms with E-state index in [1.165, 1.54) is 18.9 Å². The normalized spacial score (nSPS) is 13.4. The fourth-order valence-electron chi connectivity index (χ4n) is 4.00. The van der Waals surface area contributed by atoms with Crippen molar-refractivity contribution in [3.63, 3.8) is 0 Å². The number of aryl methyl sites for hydroxylation is 1. The van der Waals surface area contributed by atoms with Gasteiger partial charge in [0.25, 0.3) is 5.69 Å². The average Bonchev–Trinajstić information content (AvgIpc) is 3.19. The number of nitrogens with zero attached hydrogens (tertiary/aromatic N) is 7. The van der Waals surface area contributed by atoms with Crippen LogP contribution in [0.15, 0.2) is 55.0 Å². The van der Waals surface area contributed by atoms with E-state index in [0.29, 0.717) is 29.9 Å². The molecule has 1 aromatic carbocycles. The molecule has 0 unspecified atom stereocenters. The molecule has 0 saturated heterocycles. The maximum atomic E-state index is 11.1. The quantitative estimate of drug-likeness (QED) is 0.278. The summed E-state index contributed by atoms with van der Waals surface area (Å²) in [4.78, 5) is 20.1. The number of nitro groups is 1. The van der Waals surface area contributed by atoms with Gasteiger partial charge < -0.3 is 5.32 Å². The summed E-state index contributed by atoms with van der Waals surface area (Å²) in [5, 5.41) is 26.3. The van der Waals surface area contributed by atoms with E-state index in [2.05, 4.69) is 25.6 Å². The third-order valence-electron chi connectivity index (χ3n) is 5.82. The Morgan fingerprint density at radius 1 is 1.21 bits per heavy atom. The Kier molecular flexibility index (Phi) is 4.61. The van der Waals surface area contributed by atoms with Crippen LogP contribution in [0.3, 0.4) is 0 Å². The van der Waals surface area contributed by atoms with E-state index in [1.807, 2.05) is 41.9 Å². The predicted molar refractivity (Wildman–Crippen MR) is 125 cm³/mol. The van der Waals surface area contributed by atoms with E-state index in [9.17, 15) is 10.1 Å². The lowest BCUT2D eigenvalue weighted by Crippen LogP contribution is -2.03. The van der Waals surface area contributed by atoms with Crippen molar-refractivity contribution in [3.05, 3.63) is 82.1 Å². The molecule has 5 aromatic rings. The van der Waals surface area contributed by atoms with E-state index in [1.54, 1.807) is 23.0 Å². The van der Waals surface area contributed by atoms with E-state index in [-0.39, 0.29) is 5.69 Å². The van der Waals surface area contributed by atoms with Crippen LogP contribution in [0.2, 0.25) is 0 Å². The molecule has 34 heavy (non-hydrogen) atoms. The van der Waals surface area contributed by atoms with Crippen molar-refractivity contribution in [2.75, 3.05) is 5.32 Å². The first kappa shape index (κ1) is 20.1. The van der Waals surface area contributed by atoms with Crippen LogP contribution in [0.5, 0.6) is 0 Å². The second-order valence-electron chi connectivity index (χ2n) is 8.54. The molecule has 0 amide bonds. The molecule has 0 atom stereocenters. The Bertz CT molecular complexity index is 1530. The number of nitro benzene ring substituents is 1. The smallest absolute Gasteiger partial charge is 0.269 e. The number of non-ortho nitro benzene ring substituents is 1. The highest BCUT2D eigenvalue weighted by Gasteiger charge is 2.25. The first-order chi connectivity index (χ1) is 16.5. The van der Waals surface area contributed by atoms with Gasteiger partial charge in [-0.2, -0.15) is 10.2 Å². The number of imidazole rings is 1. The molecule has 0 bridgehead atoms. The monoisotopic (exact) mass is 455 g/mol. The fourth-order valence-corrected chi connectivity index (χ4v) is 4.00. The van der Waals surface area contributed by atoms with Gasteiger partial charge in [0.05, 0.1) is 29.1 Å². The number of aromatic nitrogens is 7. The van der Waals surface area contributed by atoms with Gasteiger partial charge in [0.15, 0.2) is 5.82 Å². The Hall–Kier alpha value is -4.54. The van der Waals surface area contributed by atoms with Gasteiger partial charge in [-0.15, -0.1) is 0 Å². The van der Waals surface area contributed by atoms with Crippen LogP contribution in [0.4, 0.5) is 17.5 Å². The molecule has 6 rings (SSSR count). The Labute approximate surface area is 193 Å². The minimum Gasteiger partial charge on any atom is -0.308 e. The molecule has 11 nitrogen and oxygen atoms in total. The van der Waals surface area contributed by atoms with Crippen molar-refractivity contribution in [1.82, 2.24) is 34.3 Å². The number of fused-ring (bicyclic) bond motifs is 1. The summed E-state index contributed by atoms with van der Waals surface area (Å²) in [7, 11) is 0. The fraction of sp³-hybridized carbons (Fsp3) is 0.217. The van der Waals surface area contributed by atoms with Crippen molar-refractivity contribution >= 4 is 23.1 Å². The summed E-state index contributed by atoms with van der Waals surface area (Å²) >= 11 is 0. The number of H-pyrrole nitrogens is 1. The molecule has 1 saturated carbocycles. The predicted octanol–water partition coefficient (Wildman–Crippen LogP) is 4.20. The minimum atomic E-state index is -0.398. The van der Waals surface area contributed by atoms with Crippen LogP contribution < -0.4 is 5.32 Å². The van der Waals surface area contributed by atoms with Crippen molar-refractivity contribution in [2.45, 2.75) is 32.2 Å². The third kappa shape index (κ3) is 3.87. The van der Waals surface area contributed by atoms with E-state index >= 15 is 0 Å². The average molecular weight is 455 g/mol. The number of rotatable bonds is 7. The Morgan fingerprint density at radius 2 is 2.09 bits per heavy atom. The maximum Gasteiger partial charge on any atom is 0.269 e. The van der Waals surface area contributed by atoms with Gasteiger partial charge in [-0.25, -0.2) is 9.97 Å². The van der Waals surface area contributed by atoms with Gasteiger partial charge >= 0.3 is 0 Å². The zero-order valence-corrected chi connectivity index (χ0v) is 18.3. The molecule has 0 radical (unpaired) electrons. The highest BCUT2D eigenvalue weighted by molar-refractivity contribution is 5.66. The molecule has 1 aliphatic carbocycles. The number of benzene rings is 1. The summed E-state index contributed by atoms with van der Waals surface area (Å²) in [5.74, 6) is 1.89. The SMILES string of the molecule is Cc1cn2c(Nc3cc(C4CC4)[nH]n3)nc(-c3cnn(Cc4cccc([N+](=O)[O-])c4)c3)cc2n1. The summed E-state index contributed by atoms with van der Waals surface area (Å²) in [6.45, 7) is 2.35. The minimum absolute atomic E-state index is 0.0607. The van der Waals surface area contributed by atoms with Gasteiger partial charge in [-0.1, -0.05) is 12.1 Å². The second kappa shape index (κ2) is 7.80. The summed E-state index contributed by atoms with van der Waals surface area (Å²) in [5.41, 5.74) is 5.16. The van der Waals surface area contributed by atoms with Gasteiger partial charge in [0, 0.05) is 53.8 Å². The molecule has 0 aliphatic heterocycles. The molecule has 2 N–H and O–H groups in total. The largest absolute Gasteiger partial charge is 0.308 e. The summed E-state index contributed by atoms with van der Waals surface area (Å²) < 4.78 is 3.64. The molecule has 1 aliphatic rings. The zero-order chi connectivity index (χ0) is 23.2. The molecule has 1 fully saturated rings. The second-order valence-corrected chi connectivity index (χ2v) is 8.54. The number of hydrogen-bond donors (Lipinski definition) is 2. The molecule has 4 aromatic heterocycles. The van der Waals surface area contributed by atoms with Crippen LogP contribution >= 0.6 is 0 Å². The van der Waals surface area contributed by atoms with Crippen LogP contribution in [0, 0.1) is 17.0 Å². The zero-order valence-electron chi connectivity index (χ0n) is 18.3. The van der Waals surface area contributed by atoms with Gasteiger partial charge in [-0.3, -0.25) is 24.3 Å². The Balaban J connectivity index is 1.31. The standard InChI is InChI=1S/C23H21N9O2/c1-14-11-31-22(25-14)9-19(26-23(31)27-21-8-20(28-29-21)16-5-6-16)17-10-24-30(13-17)12-15-3-2-4-18(7-15)32(33)34/h2-4,7-11,13,16H,5-6,12H2,1H3,(H2,26,27,28,29). The highest BCUT2D eigenvalue weighted by Crippen LogP contribution is 2.39. The van der Waals surface area contributed by atoms with Crippen molar-refractivity contribution < 1.29 is 4.92 Å². The molecule has 11 heteroatoms. The number of anilines is 2. The highest BCUT2D eigenvalue weighted by atomic mass is 16.6. The van der Waals surface area contributed by atoms with Crippen molar-refractivity contribution in [3.8, 4) is 11.3 Å². The number of nitrogens with one attached hydrogen (secondary N) is 2. The summed E-state index contributed by atoms with van der Waals surface area (Å²) in [6.07, 6.45) is 7.92. The lowest BCUT2D eigenvalue weighted by molar-refractivity contribution is -0.384. The first-order valence-electron chi connectivity index (χ1n) is 11.0. The summed E-state index contributed by atoms with van der Waals surface area (Å²) in [6, 6.07) is 10.5. The van der Waals surface area contributed by atoms with E-state index < -0.39 is 4.92 Å². The third-order valence-corrected chi connectivity index (χ3v) is 5.82. The molecule has 170 valence electrons. The lowest BCUT2D eigenvalue weighted by Gasteiger charge is -2.07. The van der Waals surface area contributed by atoms with Gasteiger partial charge in [-0.05, 0) is 25.3 Å².